The molecule has 3 nitrogen and oxygen atoms in total. The number of halogens is 1. The van der Waals surface area contributed by atoms with Crippen molar-refractivity contribution in [3.63, 3.8) is 0 Å². The fourth-order valence-electron chi connectivity index (χ4n) is 2.29. The van der Waals surface area contributed by atoms with Crippen molar-refractivity contribution < 1.29 is 14.2 Å². The van der Waals surface area contributed by atoms with E-state index in [4.69, 9.17) is 4.74 Å². The minimum Gasteiger partial charge on any atom is -0.494 e. The lowest BCUT2D eigenvalue weighted by Gasteiger charge is -2.22. The third-order valence-corrected chi connectivity index (χ3v) is 3.51. The van der Waals surface area contributed by atoms with Gasteiger partial charge < -0.3 is 15.2 Å². The molecular weight excluding hydrogens is 269 g/mol. The molecule has 0 radical (unpaired) electrons. The second kappa shape index (κ2) is 7.20. The van der Waals surface area contributed by atoms with E-state index < -0.39 is 0 Å². The first-order chi connectivity index (χ1) is 10.2. The number of ether oxygens (including phenoxy) is 1. The van der Waals surface area contributed by atoms with Crippen LogP contribution >= 0.6 is 0 Å². The van der Waals surface area contributed by atoms with Crippen molar-refractivity contribution in [2.45, 2.75) is 19.0 Å². The molecule has 2 rings (SSSR count). The lowest BCUT2D eigenvalue weighted by Crippen LogP contribution is -2.27. The summed E-state index contributed by atoms with van der Waals surface area (Å²) in [4.78, 5) is 0. The van der Waals surface area contributed by atoms with E-state index in [0.717, 1.165) is 11.1 Å². The summed E-state index contributed by atoms with van der Waals surface area (Å²) < 4.78 is 18.7. The summed E-state index contributed by atoms with van der Waals surface area (Å²) in [5, 5.41) is 12.9. The number of methoxy groups -OCH3 is 1. The van der Waals surface area contributed by atoms with Crippen LogP contribution in [0.2, 0.25) is 0 Å². The first-order valence-electron chi connectivity index (χ1n) is 6.91. The monoisotopic (exact) mass is 289 g/mol. The third-order valence-electron chi connectivity index (χ3n) is 3.51. The average molecular weight is 289 g/mol. The Morgan fingerprint density at radius 3 is 2.43 bits per heavy atom. The normalized spacial score (nSPS) is 13.7. The van der Waals surface area contributed by atoms with Crippen molar-refractivity contribution in [2.75, 3.05) is 13.7 Å². The van der Waals surface area contributed by atoms with Crippen LogP contribution in [0.15, 0.2) is 48.5 Å². The smallest absolute Gasteiger partial charge is 0.165 e. The molecule has 112 valence electrons. The van der Waals surface area contributed by atoms with Gasteiger partial charge in [0, 0.05) is 6.04 Å². The zero-order valence-corrected chi connectivity index (χ0v) is 12.2. The molecule has 0 bridgehead atoms. The molecule has 0 aliphatic rings. The largest absolute Gasteiger partial charge is 0.494 e. The minimum atomic E-state index is -0.385. The molecule has 0 saturated carbocycles. The van der Waals surface area contributed by atoms with Gasteiger partial charge in [-0.05, 0) is 30.2 Å². The second-order valence-corrected chi connectivity index (χ2v) is 4.93. The van der Waals surface area contributed by atoms with E-state index in [9.17, 15) is 9.50 Å². The zero-order valence-electron chi connectivity index (χ0n) is 12.2. The SMILES string of the molecule is COc1ccc(C(C)NC(CO)c2ccccc2)cc1F. The standard InChI is InChI=1S/C17H20FNO2/c1-12(14-8-9-17(21-2)15(18)10-14)19-16(11-20)13-6-4-3-5-7-13/h3-10,12,16,19-20H,11H2,1-2H3. The van der Waals surface area contributed by atoms with Crippen LogP contribution in [0.1, 0.15) is 30.1 Å². The highest BCUT2D eigenvalue weighted by atomic mass is 19.1. The van der Waals surface area contributed by atoms with Crippen LogP contribution in [-0.2, 0) is 0 Å². The van der Waals surface area contributed by atoms with Crippen molar-refractivity contribution in [2.24, 2.45) is 0 Å². The summed E-state index contributed by atoms with van der Waals surface area (Å²) in [6, 6.07) is 14.3. The molecule has 0 amide bonds. The summed E-state index contributed by atoms with van der Waals surface area (Å²) >= 11 is 0. The lowest BCUT2D eigenvalue weighted by molar-refractivity contribution is 0.235. The number of rotatable bonds is 6. The van der Waals surface area contributed by atoms with Crippen LogP contribution in [0.3, 0.4) is 0 Å². The van der Waals surface area contributed by atoms with E-state index in [1.165, 1.54) is 13.2 Å². The van der Waals surface area contributed by atoms with Gasteiger partial charge in [0.05, 0.1) is 19.8 Å². The summed E-state index contributed by atoms with van der Waals surface area (Å²) in [5.41, 5.74) is 1.81. The summed E-state index contributed by atoms with van der Waals surface area (Å²) in [6.45, 7) is 1.92. The Labute approximate surface area is 124 Å². The summed E-state index contributed by atoms with van der Waals surface area (Å²) in [6.07, 6.45) is 0. The molecule has 0 heterocycles. The Hall–Kier alpha value is -1.91. The highest BCUT2D eigenvalue weighted by molar-refractivity contribution is 5.31. The van der Waals surface area contributed by atoms with Crippen LogP contribution in [-0.4, -0.2) is 18.8 Å². The van der Waals surface area contributed by atoms with Gasteiger partial charge in [0.15, 0.2) is 11.6 Å². The molecule has 0 fully saturated rings. The number of nitrogens with one attached hydrogen (secondary N) is 1. The maximum absolute atomic E-state index is 13.8. The Morgan fingerprint density at radius 2 is 1.86 bits per heavy atom. The Morgan fingerprint density at radius 1 is 1.14 bits per heavy atom. The average Bonchev–Trinajstić information content (AvgIpc) is 2.53. The van der Waals surface area contributed by atoms with Gasteiger partial charge in [-0.15, -0.1) is 0 Å². The van der Waals surface area contributed by atoms with Crippen molar-refractivity contribution in [3.8, 4) is 5.75 Å². The van der Waals surface area contributed by atoms with Gasteiger partial charge in [0.2, 0.25) is 0 Å². The third kappa shape index (κ3) is 3.80. The van der Waals surface area contributed by atoms with Gasteiger partial charge >= 0.3 is 0 Å². The molecule has 0 aliphatic carbocycles. The Bertz CT molecular complexity index is 574. The van der Waals surface area contributed by atoms with E-state index in [-0.39, 0.29) is 30.3 Å². The molecule has 2 aromatic carbocycles. The van der Waals surface area contributed by atoms with Crippen molar-refractivity contribution >= 4 is 0 Å². The van der Waals surface area contributed by atoms with Gasteiger partial charge in [0.1, 0.15) is 0 Å². The first-order valence-corrected chi connectivity index (χ1v) is 6.91. The number of aliphatic hydroxyl groups is 1. The quantitative estimate of drug-likeness (QED) is 0.858. The zero-order chi connectivity index (χ0) is 15.2. The van der Waals surface area contributed by atoms with Gasteiger partial charge in [-0.1, -0.05) is 36.4 Å². The highest BCUT2D eigenvalue weighted by Crippen LogP contribution is 2.24. The number of benzene rings is 2. The maximum Gasteiger partial charge on any atom is 0.165 e. The molecule has 0 aromatic heterocycles. The van der Waals surface area contributed by atoms with Gasteiger partial charge in [-0.2, -0.15) is 0 Å². The molecule has 0 spiro atoms. The first kappa shape index (κ1) is 15.5. The van der Waals surface area contributed by atoms with Crippen LogP contribution in [0.4, 0.5) is 4.39 Å². The molecule has 0 aliphatic heterocycles. The van der Waals surface area contributed by atoms with E-state index in [1.807, 2.05) is 43.3 Å². The molecule has 4 heteroatoms. The lowest BCUT2D eigenvalue weighted by atomic mass is 10.0. The van der Waals surface area contributed by atoms with Crippen molar-refractivity contribution in [1.82, 2.24) is 5.32 Å². The molecule has 0 saturated heterocycles. The van der Waals surface area contributed by atoms with Gasteiger partial charge in [-0.3, -0.25) is 0 Å². The Balaban J connectivity index is 2.12. The van der Waals surface area contributed by atoms with Gasteiger partial charge in [0.25, 0.3) is 0 Å². The number of hydrogen-bond acceptors (Lipinski definition) is 3. The van der Waals surface area contributed by atoms with Gasteiger partial charge in [-0.25, -0.2) is 4.39 Å². The second-order valence-electron chi connectivity index (χ2n) is 4.93. The minimum absolute atomic E-state index is 0.0208. The number of hydrogen-bond donors (Lipinski definition) is 2. The fraction of sp³-hybridized carbons (Fsp3) is 0.294. The molecule has 2 aromatic rings. The van der Waals surface area contributed by atoms with Crippen molar-refractivity contribution in [3.05, 3.63) is 65.5 Å². The molecule has 21 heavy (non-hydrogen) atoms. The predicted octanol–water partition coefficient (Wildman–Crippen LogP) is 3.22. The molecular formula is C17H20FNO2. The maximum atomic E-state index is 13.8. The molecule has 2 atom stereocenters. The number of aliphatic hydroxyl groups excluding tert-OH is 1. The van der Waals surface area contributed by atoms with E-state index in [0.29, 0.717) is 0 Å². The van der Waals surface area contributed by atoms with E-state index in [1.54, 1.807) is 6.07 Å². The Kier molecular flexibility index (Phi) is 5.31. The van der Waals surface area contributed by atoms with Crippen molar-refractivity contribution in [1.29, 1.82) is 0 Å². The molecule has 2 unspecified atom stereocenters. The topological polar surface area (TPSA) is 41.5 Å². The summed E-state index contributed by atoms with van der Waals surface area (Å²) in [7, 11) is 1.44. The fourth-order valence-corrected chi connectivity index (χ4v) is 2.29. The van der Waals surface area contributed by atoms with Crippen LogP contribution < -0.4 is 10.1 Å². The van der Waals surface area contributed by atoms with E-state index in [2.05, 4.69) is 5.32 Å². The van der Waals surface area contributed by atoms with Crippen LogP contribution in [0.5, 0.6) is 5.75 Å². The van der Waals surface area contributed by atoms with Crippen LogP contribution in [0.25, 0.3) is 0 Å². The van der Waals surface area contributed by atoms with Crippen LogP contribution in [0, 0.1) is 5.82 Å². The summed E-state index contributed by atoms with van der Waals surface area (Å²) in [5.74, 6) is -0.156. The predicted molar refractivity (Wildman–Crippen MR) is 80.8 cm³/mol. The highest BCUT2D eigenvalue weighted by Gasteiger charge is 2.15. The van der Waals surface area contributed by atoms with E-state index >= 15 is 0 Å². The molecule has 2 N–H and O–H groups in total.